The van der Waals surface area contributed by atoms with Crippen LogP contribution in [0.4, 0.5) is 0 Å². The van der Waals surface area contributed by atoms with Gasteiger partial charge < -0.3 is 10.1 Å². The molecule has 5 heteroatoms. The summed E-state index contributed by atoms with van der Waals surface area (Å²) < 4.78 is 7.36. The molecule has 2 aromatic rings. The van der Waals surface area contributed by atoms with Gasteiger partial charge in [-0.15, -0.1) is 0 Å². The molecule has 0 atom stereocenters. The molecule has 1 aromatic carbocycles. The number of nitrogens with one attached hydrogen (secondary N) is 1. The Morgan fingerprint density at radius 3 is 2.48 bits per heavy atom. The van der Waals surface area contributed by atoms with E-state index in [1.165, 1.54) is 5.56 Å². The zero-order valence-electron chi connectivity index (χ0n) is 15.9. The molecular formula is C20H29N3O2. The van der Waals surface area contributed by atoms with E-state index in [1.807, 2.05) is 30.7 Å². The summed E-state index contributed by atoms with van der Waals surface area (Å²) in [6.07, 6.45) is 2.68. The summed E-state index contributed by atoms with van der Waals surface area (Å²) in [4.78, 5) is 12.6. The van der Waals surface area contributed by atoms with Crippen LogP contribution in [0.3, 0.4) is 0 Å². The Hall–Kier alpha value is -2.14. The lowest BCUT2D eigenvalue weighted by Crippen LogP contribution is -2.26. The van der Waals surface area contributed by atoms with Gasteiger partial charge >= 0.3 is 0 Å². The van der Waals surface area contributed by atoms with E-state index in [0.717, 1.165) is 17.8 Å². The lowest BCUT2D eigenvalue weighted by atomic mass is 10.0. The summed E-state index contributed by atoms with van der Waals surface area (Å²) in [6.45, 7) is 11.5. The molecule has 0 radical (unpaired) electrons. The van der Waals surface area contributed by atoms with Crippen molar-refractivity contribution >= 4 is 5.91 Å². The van der Waals surface area contributed by atoms with Crippen molar-refractivity contribution in [2.75, 3.05) is 13.2 Å². The Balaban J connectivity index is 2.10. The van der Waals surface area contributed by atoms with Crippen LogP contribution in [0.25, 0.3) is 5.69 Å². The van der Waals surface area contributed by atoms with Crippen LogP contribution in [0.5, 0.6) is 0 Å². The summed E-state index contributed by atoms with van der Waals surface area (Å²) in [5.41, 5.74) is 3.74. The number of benzene rings is 1. The van der Waals surface area contributed by atoms with Gasteiger partial charge in [-0.2, -0.15) is 5.10 Å². The quantitative estimate of drug-likeness (QED) is 0.741. The molecule has 1 N–H and O–H groups in total. The topological polar surface area (TPSA) is 56.2 Å². The number of aryl methyl sites for hydroxylation is 1. The van der Waals surface area contributed by atoms with Gasteiger partial charge in [-0.25, -0.2) is 4.68 Å². The van der Waals surface area contributed by atoms with E-state index in [9.17, 15) is 4.79 Å². The third kappa shape index (κ3) is 5.16. The molecule has 0 saturated heterocycles. The van der Waals surface area contributed by atoms with Gasteiger partial charge in [0, 0.05) is 13.2 Å². The molecule has 1 aromatic heterocycles. The summed E-state index contributed by atoms with van der Waals surface area (Å²) in [5.74, 6) is 0.112. The van der Waals surface area contributed by atoms with Crippen molar-refractivity contribution < 1.29 is 9.53 Å². The van der Waals surface area contributed by atoms with E-state index in [0.29, 0.717) is 18.7 Å². The van der Waals surface area contributed by atoms with Crippen LogP contribution in [-0.4, -0.2) is 34.9 Å². The SMILES string of the molecule is Cc1ccc(-n2ncc(C(=O)NCCCOC(C)C)c2C(C)C)cc1. The van der Waals surface area contributed by atoms with Gasteiger partial charge in [0.1, 0.15) is 0 Å². The Kier molecular flexibility index (Phi) is 6.76. The first-order valence-electron chi connectivity index (χ1n) is 8.95. The lowest BCUT2D eigenvalue weighted by molar-refractivity contribution is 0.0757. The summed E-state index contributed by atoms with van der Waals surface area (Å²) in [5, 5.41) is 7.43. The first kappa shape index (κ1) is 19.2. The average Bonchev–Trinajstić information content (AvgIpc) is 3.00. The van der Waals surface area contributed by atoms with Crippen LogP contribution >= 0.6 is 0 Å². The summed E-state index contributed by atoms with van der Waals surface area (Å²) in [6, 6.07) is 8.16. The molecule has 0 spiro atoms. The first-order valence-corrected chi connectivity index (χ1v) is 8.95. The number of carbonyl (C=O) groups excluding carboxylic acids is 1. The number of ether oxygens (including phenoxy) is 1. The Bertz CT molecular complexity index is 687. The van der Waals surface area contributed by atoms with Crippen LogP contribution in [0.1, 0.15) is 61.6 Å². The van der Waals surface area contributed by atoms with E-state index in [1.54, 1.807) is 6.20 Å². The monoisotopic (exact) mass is 343 g/mol. The highest BCUT2D eigenvalue weighted by atomic mass is 16.5. The van der Waals surface area contributed by atoms with E-state index in [4.69, 9.17) is 4.74 Å². The highest BCUT2D eigenvalue weighted by Crippen LogP contribution is 2.23. The summed E-state index contributed by atoms with van der Waals surface area (Å²) in [7, 11) is 0. The fourth-order valence-electron chi connectivity index (χ4n) is 2.67. The number of aromatic nitrogens is 2. The number of rotatable bonds is 8. The average molecular weight is 343 g/mol. The third-order valence-electron chi connectivity index (χ3n) is 3.93. The predicted octanol–water partition coefficient (Wildman–Crippen LogP) is 3.85. The van der Waals surface area contributed by atoms with Crippen molar-refractivity contribution in [3.63, 3.8) is 0 Å². The van der Waals surface area contributed by atoms with Gasteiger partial charge in [-0.3, -0.25) is 4.79 Å². The van der Waals surface area contributed by atoms with E-state index >= 15 is 0 Å². The molecule has 0 aliphatic carbocycles. The van der Waals surface area contributed by atoms with Crippen molar-refractivity contribution in [1.29, 1.82) is 0 Å². The third-order valence-corrected chi connectivity index (χ3v) is 3.93. The molecule has 0 aliphatic rings. The maximum atomic E-state index is 12.6. The van der Waals surface area contributed by atoms with Crippen molar-refractivity contribution in [1.82, 2.24) is 15.1 Å². The minimum Gasteiger partial charge on any atom is -0.379 e. The van der Waals surface area contributed by atoms with E-state index < -0.39 is 0 Å². The fraction of sp³-hybridized carbons (Fsp3) is 0.500. The van der Waals surface area contributed by atoms with Gasteiger partial charge in [-0.05, 0) is 45.2 Å². The number of hydrogen-bond donors (Lipinski definition) is 1. The molecule has 5 nitrogen and oxygen atoms in total. The molecule has 0 saturated carbocycles. The summed E-state index contributed by atoms with van der Waals surface area (Å²) >= 11 is 0. The van der Waals surface area contributed by atoms with Gasteiger partial charge in [-0.1, -0.05) is 31.5 Å². The number of nitrogens with zero attached hydrogens (tertiary/aromatic N) is 2. The molecule has 1 amide bonds. The Morgan fingerprint density at radius 1 is 1.20 bits per heavy atom. The molecule has 136 valence electrons. The second-order valence-corrected chi connectivity index (χ2v) is 6.87. The molecule has 2 rings (SSSR count). The van der Waals surface area contributed by atoms with Crippen molar-refractivity contribution in [2.45, 2.75) is 53.1 Å². The van der Waals surface area contributed by atoms with Gasteiger partial charge in [0.2, 0.25) is 0 Å². The molecule has 0 fully saturated rings. The Labute approximate surface area is 150 Å². The molecule has 0 aliphatic heterocycles. The molecular weight excluding hydrogens is 314 g/mol. The zero-order chi connectivity index (χ0) is 18.4. The fourth-order valence-corrected chi connectivity index (χ4v) is 2.67. The highest BCUT2D eigenvalue weighted by molar-refractivity contribution is 5.95. The smallest absolute Gasteiger partial charge is 0.254 e. The van der Waals surface area contributed by atoms with E-state index in [-0.39, 0.29) is 17.9 Å². The lowest BCUT2D eigenvalue weighted by Gasteiger charge is -2.13. The van der Waals surface area contributed by atoms with Crippen LogP contribution in [0, 0.1) is 6.92 Å². The van der Waals surface area contributed by atoms with Crippen molar-refractivity contribution in [3.8, 4) is 5.69 Å². The predicted molar refractivity (Wildman–Crippen MR) is 100 cm³/mol. The molecule has 0 bridgehead atoms. The number of hydrogen-bond acceptors (Lipinski definition) is 3. The highest BCUT2D eigenvalue weighted by Gasteiger charge is 2.20. The molecule has 0 unspecified atom stereocenters. The van der Waals surface area contributed by atoms with Crippen LogP contribution in [0.2, 0.25) is 0 Å². The van der Waals surface area contributed by atoms with Crippen LogP contribution in [0.15, 0.2) is 30.5 Å². The maximum Gasteiger partial charge on any atom is 0.254 e. The normalized spacial score (nSPS) is 11.3. The van der Waals surface area contributed by atoms with Gasteiger partial charge in [0.15, 0.2) is 0 Å². The van der Waals surface area contributed by atoms with Gasteiger partial charge in [0.25, 0.3) is 5.91 Å². The zero-order valence-corrected chi connectivity index (χ0v) is 15.9. The van der Waals surface area contributed by atoms with E-state index in [2.05, 4.69) is 43.3 Å². The minimum absolute atomic E-state index is 0.0772. The number of carbonyl (C=O) groups is 1. The van der Waals surface area contributed by atoms with Crippen molar-refractivity contribution in [3.05, 3.63) is 47.3 Å². The standard InChI is InChI=1S/C20H29N3O2/c1-14(2)19-18(20(24)21-11-6-12-25-15(3)4)13-22-23(19)17-9-7-16(5)8-10-17/h7-10,13-15H,6,11-12H2,1-5H3,(H,21,24). The first-order chi connectivity index (χ1) is 11.9. The second-order valence-electron chi connectivity index (χ2n) is 6.87. The number of amides is 1. The second kappa shape index (κ2) is 8.81. The maximum absolute atomic E-state index is 12.6. The van der Waals surface area contributed by atoms with Crippen LogP contribution in [-0.2, 0) is 4.74 Å². The van der Waals surface area contributed by atoms with Gasteiger partial charge in [0.05, 0.1) is 29.2 Å². The van der Waals surface area contributed by atoms with Crippen LogP contribution < -0.4 is 5.32 Å². The largest absolute Gasteiger partial charge is 0.379 e. The van der Waals surface area contributed by atoms with Crippen molar-refractivity contribution in [2.24, 2.45) is 0 Å². The molecule has 25 heavy (non-hydrogen) atoms. The Morgan fingerprint density at radius 2 is 1.88 bits per heavy atom. The minimum atomic E-state index is -0.0772. The molecule has 1 heterocycles.